The molecular formula is C13H16BrFN2O3S. The van der Waals surface area contributed by atoms with Gasteiger partial charge in [-0.25, -0.2) is 17.9 Å². The number of halogens is 2. The summed E-state index contributed by atoms with van der Waals surface area (Å²) in [5.41, 5.74) is -0.0617. The predicted molar refractivity (Wildman–Crippen MR) is 79.8 cm³/mol. The van der Waals surface area contributed by atoms with Crippen LogP contribution in [-0.4, -0.2) is 20.9 Å². The first kappa shape index (κ1) is 16.4. The Morgan fingerprint density at radius 3 is 2.62 bits per heavy atom. The number of nitrogens with one attached hydrogen (secondary N) is 1. The van der Waals surface area contributed by atoms with Gasteiger partial charge in [0, 0.05) is 12.1 Å². The maximum atomic E-state index is 13.7. The maximum absolute atomic E-state index is 13.7. The van der Waals surface area contributed by atoms with Crippen LogP contribution in [-0.2, 0) is 10.0 Å². The molecule has 0 spiro atoms. The van der Waals surface area contributed by atoms with Gasteiger partial charge >= 0.3 is 0 Å². The van der Waals surface area contributed by atoms with Crippen molar-refractivity contribution in [3.63, 3.8) is 0 Å². The van der Waals surface area contributed by atoms with Crippen LogP contribution in [0.5, 0.6) is 0 Å². The molecule has 116 valence electrons. The molecule has 1 aromatic rings. The molecule has 0 aromatic heterocycles. The molecule has 21 heavy (non-hydrogen) atoms. The number of benzene rings is 1. The number of amides is 1. The van der Waals surface area contributed by atoms with Gasteiger partial charge in [0.2, 0.25) is 10.0 Å². The van der Waals surface area contributed by atoms with Crippen LogP contribution in [0.25, 0.3) is 0 Å². The van der Waals surface area contributed by atoms with Crippen molar-refractivity contribution in [2.24, 2.45) is 11.1 Å². The first-order valence-electron chi connectivity index (χ1n) is 6.59. The zero-order valence-electron chi connectivity index (χ0n) is 11.2. The van der Waals surface area contributed by atoms with Crippen molar-refractivity contribution in [2.45, 2.75) is 30.6 Å². The van der Waals surface area contributed by atoms with Gasteiger partial charge in [0.25, 0.3) is 5.91 Å². The summed E-state index contributed by atoms with van der Waals surface area (Å²) in [6.45, 7) is 0.492. The SMILES string of the molecule is NS(=O)(=O)c1cc(C(=O)NCCC2CCC2)cc(F)c1Br. The van der Waals surface area contributed by atoms with Crippen molar-refractivity contribution in [3.8, 4) is 0 Å². The molecule has 0 radical (unpaired) electrons. The van der Waals surface area contributed by atoms with Crippen molar-refractivity contribution in [1.82, 2.24) is 5.32 Å². The third kappa shape index (κ3) is 4.02. The van der Waals surface area contributed by atoms with Gasteiger partial charge in [-0.05, 0) is 40.4 Å². The van der Waals surface area contributed by atoms with Crippen LogP contribution in [0.15, 0.2) is 21.5 Å². The quantitative estimate of drug-likeness (QED) is 0.822. The lowest BCUT2D eigenvalue weighted by atomic mass is 9.83. The molecule has 1 aromatic carbocycles. The van der Waals surface area contributed by atoms with Crippen molar-refractivity contribution in [1.29, 1.82) is 0 Å². The van der Waals surface area contributed by atoms with Gasteiger partial charge in [-0.2, -0.15) is 0 Å². The molecule has 0 heterocycles. The number of nitrogens with two attached hydrogens (primary N) is 1. The van der Waals surface area contributed by atoms with Crippen LogP contribution in [0.4, 0.5) is 4.39 Å². The van der Waals surface area contributed by atoms with Crippen molar-refractivity contribution < 1.29 is 17.6 Å². The molecule has 1 saturated carbocycles. The molecule has 1 amide bonds. The number of hydrogen-bond donors (Lipinski definition) is 2. The summed E-state index contributed by atoms with van der Waals surface area (Å²) in [7, 11) is -4.11. The highest BCUT2D eigenvalue weighted by Gasteiger charge is 2.21. The molecule has 0 bridgehead atoms. The van der Waals surface area contributed by atoms with Crippen molar-refractivity contribution in [3.05, 3.63) is 28.0 Å². The second-order valence-electron chi connectivity index (χ2n) is 5.16. The molecule has 0 atom stereocenters. The Bertz CT molecular complexity index is 660. The van der Waals surface area contributed by atoms with Crippen LogP contribution in [0, 0.1) is 11.7 Å². The number of sulfonamides is 1. The zero-order chi connectivity index (χ0) is 15.6. The van der Waals surface area contributed by atoms with Gasteiger partial charge in [-0.3, -0.25) is 4.79 Å². The Kier molecular flexibility index (Phi) is 5.00. The molecule has 3 N–H and O–H groups in total. The molecule has 0 aliphatic heterocycles. The average Bonchev–Trinajstić information content (AvgIpc) is 2.33. The van der Waals surface area contributed by atoms with E-state index in [0.717, 1.165) is 18.6 Å². The third-order valence-electron chi connectivity index (χ3n) is 3.63. The fourth-order valence-corrected chi connectivity index (χ4v) is 3.72. The largest absolute Gasteiger partial charge is 0.352 e. The van der Waals surface area contributed by atoms with E-state index in [1.807, 2.05) is 0 Å². The molecule has 8 heteroatoms. The monoisotopic (exact) mass is 378 g/mol. The van der Waals surface area contributed by atoms with E-state index in [-0.39, 0.29) is 10.0 Å². The predicted octanol–water partition coefficient (Wildman–Crippen LogP) is 2.16. The summed E-state index contributed by atoms with van der Waals surface area (Å²) in [4.78, 5) is 11.5. The van der Waals surface area contributed by atoms with E-state index in [1.54, 1.807) is 0 Å². The lowest BCUT2D eigenvalue weighted by Crippen LogP contribution is -2.28. The fraction of sp³-hybridized carbons (Fsp3) is 0.462. The minimum atomic E-state index is -4.11. The number of primary sulfonamides is 1. The zero-order valence-corrected chi connectivity index (χ0v) is 13.6. The lowest BCUT2D eigenvalue weighted by molar-refractivity contribution is 0.0948. The number of carbonyl (C=O) groups excluding carboxylic acids is 1. The highest BCUT2D eigenvalue weighted by Crippen LogP contribution is 2.29. The van der Waals surface area contributed by atoms with E-state index in [1.165, 1.54) is 19.3 Å². The minimum Gasteiger partial charge on any atom is -0.352 e. The molecule has 5 nitrogen and oxygen atoms in total. The summed E-state index contributed by atoms with van der Waals surface area (Å²) in [5.74, 6) is -0.705. The van der Waals surface area contributed by atoms with Crippen LogP contribution in [0.3, 0.4) is 0 Å². The van der Waals surface area contributed by atoms with Gasteiger partial charge in [0.1, 0.15) is 5.82 Å². The second kappa shape index (κ2) is 6.41. The van der Waals surface area contributed by atoms with Gasteiger partial charge < -0.3 is 5.32 Å². The minimum absolute atomic E-state index is 0.0617. The van der Waals surface area contributed by atoms with E-state index >= 15 is 0 Å². The number of rotatable bonds is 5. The van der Waals surface area contributed by atoms with E-state index in [4.69, 9.17) is 5.14 Å². The Morgan fingerprint density at radius 1 is 1.43 bits per heavy atom. The maximum Gasteiger partial charge on any atom is 0.251 e. The van der Waals surface area contributed by atoms with E-state index in [9.17, 15) is 17.6 Å². The van der Waals surface area contributed by atoms with Crippen LogP contribution >= 0.6 is 15.9 Å². The summed E-state index contributed by atoms with van der Waals surface area (Å²) in [6.07, 6.45) is 4.47. The topological polar surface area (TPSA) is 89.3 Å². The average molecular weight is 379 g/mol. The highest BCUT2D eigenvalue weighted by atomic mass is 79.9. The molecule has 2 rings (SSSR count). The van der Waals surface area contributed by atoms with Crippen molar-refractivity contribution in [2.75, 3.05) is 6.54 Å². The van der Waals surface area contributed by atoms with E-state index in [2.05, 4.69) is 21.2 Å². The van der Waals surface area contributed by atoms with E-state index < -0.39 is 26.6 Å². The second-order valence-corrected chi connectivity index (χ2v) is 7.48. The summed E-state index contributed by atoms with van der Waals surface area (Å²) >= 11 is 2.82. The molecule has 1 aliphatic carbocycles. The fourth-order valence-electron chi connectivity index (χ4n) is 2.18. The van der Waals surface area contributed by atoms with Crippen LogP contribution < -0.4 is 10.5 Å². The van der Waals surface area contributed by atoms with Gasteiger partial charge in [-0.1, -0.05) is 19.3 Å². The Hall–Kier alpha value is -0.990. The smallest absolute Gasteiger partial charge is 0.251 e. The Balaban J connectivity index is 2.11. The number of hydrogen-bond acceptors (Lipinski definition) is 3. The summed E-state index contributed by atoms with van der Waals surface area (Å²) in [6, 6.07) is 2.05. The molecular weight excluding hydrogens is 363 g/mol. The summed E-state index contributed by atoms with van der Waals surface area (Å²) in [5, 5.41) is 7.67. The Labute approximate surface area is 131 Å². The lowest BCUT2D eigenvalue weighted by Gasteiger charge is -2.25. The first-order chi connectivity index (χ1) is 9.79. The standard InChI is InChI=1S/C13H16BrFN2O3S/c14-12-10(15)6-9(7-11(12)21(16,19)20)13(18)17-5-4-8-2-1-3-8/h6-8H,1-5H2,(H,17,18)(H2,16,19,20). The first-order valence-corrected chi connectivity index (χ1v) is 8.93. The third-order valence-corrected chi connectivity index (χ3v) is 5.63. The van der Waals surface area contributed by atoms with Gasteiger partial charge in [0.15, 0.2) is 0 Å². The van der Waals surface area contributed by atoms with E-state index in [0.29, 0.717) is 12.5 Å². The Morgan fingerprint density at radius 2 is 2.10 bits per heavy atom. The number of carbonyl (C=O) groups is 1. The summed E-state index contributed by atoms with van der Waals surface area (Å²) < 4.78 is 36.2. The molecule has 0 unspecified atom stereocenters. The molecule has 1 fully saturated rings. The van der Waals surface area contributed by atoms with Crippen LogP contribution in [0.1, 0.15) is 36.0 Å². The van der Waals surface area contributed by atoms with Crippen LogP contribution in [0.2, 0.25) is 0 Å². The van der Waals surface area contributed by atoms with Crippen molar-refractivity contribution >= 4 is 31.9 Å². The van der Waals surface area contributed by atoms with Gasteiger partial charge in [-0.15, -0.1) is 0 Å². The molecule has 0 saturated heterocycles. The van der Waals surface area contributed by atoms with Gasteiger partial charge in [0.05, 0.1) is 9.37 Å². The molecule has 1 aliphatic rings. The highest BCUT2D eigenvalue weighted by molar-refractivity contribution is 9.10. The normalized spacial score (nSPS) is 15.6.